The third-order valence-corrected chi connectivity index (χ3v) is 3.08. The number of nitrogens with zero attached hydrogens (tertiary/aromatic N) is 2. The van der Waals surface area contributed by atoms with Gasteiger partial charge >= 0.3 is 0 Å². The third-order valence-electron chi connectivity index (χ3n) is 3.08. The van der Waals surface area contributed by atoms with Crippen LogP contribution in [-0.4, -0.2) is 55.0 Å². The van der Waals surface area contributed by atoms with E-state index in [1.54, 1.807) is 0 Å². The second-order valence-corrected chi connectivity index (χ2v) is 4.90. The van der Waals surface area contributed by atoms with Gasteiger partial charge in [-0.3, -0.25) is 15.1 Å². The first-order chi connectivity index (χ1) is 7.92. The van der Waals surface area contributed by atoms with E-state index in [1.807, 2.05) is 0 Å². The predicted octanol–water partition coefficient (Wildman–Crippen LogP) is 0.417. The molecule has 1 amide bonds. The first-order valence-corrected chi connectivity index (χ1v) is 6.32. The monoisotopic (exact) mass is 244 g/mol. The molecule has 0 aliphatic carbocycles. The second kappa shape index (κ2) is 8.44. The van der Waals surface area contributed by atoms with E-state index in [-0.39, 0.29) is 5.91 Å². The molecular weight excluding hydrogens is 216 g/mol. The molecule has 5 nitrogen and oxygen atoms in total. The van der Waals surface area contributed by atoms with Gasteiger partial charge in [-0.05, 0) is 40.9 Å². The molecule has 0 aromatic carbocycles. The highest BCUT2D eigenvalue weighted by atomic mass is 16.2. The van der Waals surface area contributed by atoms with Crippen LogP contribution < -0.4 is 11.3 Å². The Bertz CT molecular complexity index is 221. The van der Waals surface area contributed by atoms with Gasteiger partial charge in [0.25, 0.3) is 0 Å². The molecule has 3 N–H and O–H groups in total. The van der Waals surface area contributed by atoms with Gasteiger partial charge in [-0.25, -0.2) is 5.84 Å². The van der Waals surface area contributed by atoms with Crippen LogP contribution in [0, 0.1) is 0 Å². The summed E-state index contributed by atoms with van der Waals surface area (Å²) in [6.45, 7) is 8.58. The fourth-order valence-electron chi connectivity index (χ4n) is 2.27. The maximum Gasteiger partial charge on any atom is 0.233 e. The van der Waals surface area contributed by atoms with Crippen molar-refractivity contribution in [3.05, 3.63) is 0 Å². The van der Waals surface area contributed by atoms with Crippen molar-refractivity contribution < 1.29 is 4.79 Å². The van der Waals surface area contributed by atoms with Crippen LogP contribution in [-0.2, 0) is 4.79 Å². The number of amides is 1. The van der Waals surface area contributed by atoms with Gasteiger partial charge in [0, 0.05) is 25.0 Å². The number of hydrogen-bond donors (Lipinski definition) is 2. The van der Waals surface area contributed by atoms with Crippen LogP contribution in [0.4, 0.5) is 0 Å². The van der Waals surface area contributed by atoms with Gasteiger partial charge in [-0.2, -0.15) is 0 Å². The average Bonchev–Trinajstić information content (AvgIpc) is 2.25. The molecule has 17 heavy (non-hydrogen) atoms. The van der Waals surface area contributed by atoms with E-state index in [0.29, 0.717) is 18.5 Å². The lowest BCUT2D eigenvalue weighted by Gasteiger charge is -2.35. The van der Waals surface area contributed by atoms with Crippen LogP contribution in [0.15, 0.2) is 0 Å². The quantitative estimate of drug-likeness (QED) is 0.369. The summed E-state index contributed by atoms with van der Waals surface area (Å²) >= 11 is 0. The molecule has 0 bridgehead atoms. The highest BCUT2D eigenvalue weighted by Gasteiger charge is 2.19. The summed E-state index contributed by atoms with van der Waals surface area (Å²) in [5, 5.41) is 0. The lowest BCUT2D eigenvalue weighted by Crippen LogP contribution is -2.45. The van der Waals surface area contributed by atoms with Crippen LogP contribution in [0.3, 0.4) is 0 Å². The highest BCUT2D eigenvalue weighted by Crippen LogP contribution is 2.11. The van der Waals surface area contributed by atoms with Crippen LogP contribution in [0.2, 0.25) is 0 Å². The number of hydrazine groups is 1. The van der Waals surface area contributed by atoms with Gasteiger partial charge in [0.15, 0.2) is 0 Å². The molecule has 0 rings (SSSR count). The van der Waals surface area contributed by atoms with Crippen molar-refractivity contribution in [2.24, 2.45) is 5.84 Å². The molecule has 2 unspecified atom stereocenters. The van der Waals surface area contributed by atoms with Gasteiger partial charge in [0.05, 0.1) is 0 Å². The molecule has 0 aromatic rings. The normalized spacial score (nSPS) is 15.1. The van der Waals surface area contributed by atoms with Gasteiger partial charge < -0.3 is 4.90 Å². The Labute approximate surface area is 105 Å². The Kier molecular flexibility index (Phi) is 8.12. The van der Waals surface area contributed by atoms with E-state index in [9.17, 15) is 4.79 Å². The molecular formula is C12H28N4O. The summed E-state index contributed by atoms with van der Waals surface area (Å²) in [5.41, 5.74) is 2.17. The molecule has 0 spiro atoms. The van der Waals surface area contributed by atoms with Gasteiger partial charge in [0.1, 0.15) is 0 Å². The Hall–Kier alpha value is -0.650. The summed E-state index contributed by atoms with van der Waals surface area (Å²) in [5.74, 6) is 4.98. The van der Waals surface area contributed by atoms with Crippen LogP contribution in [0.5, 0.6) is 0 Å². The molecule has 0 heterocycles. The zero-order chi connectivity index (χ0) is 13.4. The van der Waals surface area contributed by atoms with Gasteiger partial charge in [-0.1, -0.05) is 6.92 Å². The maximum absolute atomic E-state index is 11.1. The number of likely N-dealkylation sites (N-methyl/N-ethyl adjacent to an activating group) is 2. The fourth-order valence-corrected chi connectivity index (χ4v) is 2.27. The summed E-state index contributed by atoms with van der Waals surface area (Å²) < 4.78 is 0. The first-order valence-electron chi connectivity index (χ1n) is 6.32. The molecule has 0 saturated heterocycles. The summed E-state index contributed by atoms with van der Waals surface area (Å²) in [4.78, 5) is 15.7. The average molecular weight is 244 g/mol. The highest BCUT2D eigenvalue weighted by molar-refractivity contribution is 5.75. The number of rotatable bonds is 8. The summed E-state index contributed by atoms with van der Waals surface area (Å²) in [6, 6.07) is 0.887. The van der Waals surface area contributed by atoms with E-state index in [1.165, 1.54) is 0 Å². The molecule has 5 heteroatoms. The molecule has 102 valence electrons. The van der Waals surface area contributed by atoms with Gasteiger partial charge in [-0.15, -0.1) is 0 Å². The lowest BCUT2D eigenvalue weighted by atomic mass is 10.1. The molecule has 0 saturated carbocycles. The second-order valence-electron chi connectivity index (χ2n) is 4.90. The van der Waals surface area contributed by atoms with E-state index >= 15 is 0 Å². The van der Waals surface area contributed by atoms with Crippen molar-refractivity contribution in [3.8, 4) is 0 Å². The van der Waals surface area contributed by atoms with Crippen molar-refractivity contribution >= 4 is 5.91 Å². The maximum atomic E-state index is 11.1. The number of hydrogen-bond acceptors (Lipinski definition) is 4. The fraction of sp³-hybridized carbons (Fsp3) is 0.917. The molecule has 0 aromatic heterocycles. The Balaban J connectivity index is 4.19. The number of carbonyl (C=O) groups excluding carboxylic acids is 1. The van der Waals surface area contributed by atoms with Crippen molar-refractivity contribution in [2.75, 3.05) is 27.2 Å². The van der Waals surface area contributed by atoms with Crippen LogP contribution in [0.25, 0.3) is 0 Å². The smallest absolute Gasteiger partial charge is 0.233 e. The summed E-state index contributed by atoms with van der Waals surface area (Å²) in [7, 11) is 4.16. The van der Waals surface area contributed by atoms with Crippen molar-refractivity contribution in [3.63, 3.8) is 0 Å². The number of nitrogens with one attached hydrogen (secondary N) is 1. The van der Waals surface area contributed by atoms with E-state index < -0.39 is 0 Å². The summed E-state index contributed by atoms with van der Waals surface area (Å²) in [6.07, 6.45) is 1.33. The topological polar surface area (TPSA) is 61.6 Å². The van der Waals surface area contributed by atoms with E-state index in [2.05, 4.69) is 50.1 Å². The van der Waals surface area contributed by atoms with E-state index in [4.69, 9.17) is 5.84 Å². The zero-order valence-corrected chi connectivity index (χ0v) is 11.9. The van der Waals surface area contributed by atoms with Crippen molar-refractivity contribution in [1.82, 2.24) is 15.2 Å². The van der Waals surface area contributed by atoms with Crippen LogP contribution in [0.1, 0.15) is 33.6 Å². The standard InChI is InChI=1S/C12H28N4O/c1-6-16(11(3)9-15(4)5)10(2)7-8-12(17)14-13/h10-11H,6-9,13H2,1-5H3,(H,14,17). The number of nitrogens with two attached hydrogens (primary N) is 1. The minimum atomic E-state index is -0.0897. The third kappa shape index (κ3) is 6.61. The van der Waals surface area contributed by atoms with Gasteiger partial charge in [0.2, 0.25) is 5.91 Å². The van der Waals surface area contributed by atoms with E-state index in [0.717, 1.165) is 19.5 Å². The zero-order valence-electron chi connectivity index (χ0n) is 11.9. The van der Waals surface area contributed by atoms with Crippen LogP contribution >= 0.6 is 0 Å². The largest absolute Gasteiger partial charge is 0.308 e. The number of carbonyl (C=O) groups is 1. The van der Waals surface area contributed by atoms with Crippen molar-refractivity contribution in [1.29, 1.82) is 0 Å². The SMILES string of the molecule is CCN(C(C)CCC(=O)NN)C(C)CN(C)C. The molecule has 0 aliphatic rings. The molecule has 2 atom stereocenters. The Morgan fingerprint density at radius 3 is 2.29 bits per heavy atom. The minimum absolute atomic E-state index is 0.0897. The predicted molar refractivity (Wildman–Crippen MR) is 71.4 cm³/mol. The lowest BCUT2D eigenvalue weighted by molar-refractivity contribution is -0.121. The molecule has 0 fully saturated rings. The minimum Gasteiger partial charge on any atom is -0.308 e. The Morgan fingerprint density at radius 1 is 1.29 bits per heavy atom. The molecule has 0 radical (unpaired) electrons. The molecule has 0 aliphatic heterocycles. The van der Waals surface area contributed by atoms with Crippen molar-refractivity contribution in [2.45, 2.75) is 45.7 Å². The Morgan fingerprint density at radius 2 is 1.88 bits per heavy atom. The first kappa shape index (κ1) is 16.4.